The Hall–Kier alpha value is -2.82. The van der Waals surface area contributed by atoms with Crippen LogP contribution in [0.4, 0.5) is 0 Å². The maximum absolute atomic E-state index is 12.3. The third kappa shape index (κ3) is 6.63. The van der Waals surface area contributed by atoms with Crippen LogP contribution >= 0.6 is 0 Å². The van der Waals surface area contributed by atoms with E-state index in [0.717, 1.165) is 45.0 Å². The van der Waals surface area contributed by atoms with E-state index in [1.165, 1.54) is 16.7 Å². The summed E-state index contributed by atoms with van der Waals surface area (Å²) in [5.74, 6) is 1.39. The van der Waals surface area contributed by atoms with Crippen molar-refractivity contribution in [1.29, 1.82) is 0 Å². The minimum atomic E-state index is 0.259. The Morgan fingerprint density at radius 1 is 1.07 bits per heavy atom. The van der Waals surface area contributed by atoms with Crippen LogP contribution in [0.5, 0.6) is 0 Å². The van der Waals surface area contributed by atoms with E-state index in [2.05, 4.69) is 58.9 Å². The first-order valence-corrected chi connectivity index (χ1v) is 10.5. The second-order valence-corrected chi connectivity index (χ2v) is 7.76. The van der Waals surface area contributed by atoms with Gasteiger partial charge in [-0.05, 0) is 30.9 Å². The lowest BCUT2D eigenvalue weighted by molar-refractivity contribution is -0.127. The number of benzene rings is 2. The molecular formula is C24H32N4O. The van der Waals surface area contributed by atoms with Gasteiger partial charge in [-0.3, -0.25) is 9.79 Å². The molecule has 1 heterocycles. The van der Waals surface area contributed by atoms with E-state index in [4.69, 9.17) is 0 Å². The molecule has 1 atom stereocenters. The third-order valence-corrected chi connectivity index (χ3v) is 5.38. The highest BCUT2D eigenvalue weighted by Crippen LogP contribution is 2.17. The summed E-state index contributed by atoms with van der Waals surface area (Å²) in [6.07, 6.45) is 2.48. The normalized spacial score (nSPS) is 16.9. The number of aryl methyl sites for hydroxylation is 1. The van der Waals surface area contributed by atoms with Crippen LogP contribution in [0.3, 0.4) is 0 Å². The quantitative estimate of drug-likeness (QED) is 0.537. The van der Waals surface area contributed by atoms with Gasteiger partial charge in [0.25, 0.3) is 0 Å². The SMILES string of the molecule is CN=C(NCCc1cccc(C)c1)NCC1CC(=O)N(CCc2ccccc2)C1. The Bertz CT molecular complexity index is 819. The first-order chi connectivity index (χ1) is 14.1. The summed E-state index contributed by atoms with van der Waals surface area (Å²) >= 11 is 0. The minimum absolute atomic E-state index is 0.259. The van der Waals surface area contributed by atoms with Gasteiger partial charge in [-0.1, -0.05) is 60.2 Å². The number of carbonyl (C=O) groups is 1. The standard InChI is InChI=1S/C24H32N4O/c1-19-7-6-10-21(15-19)11-13-26-24(25-2)27-17-22-16-23(29)28(18-22)14-12-20-8-4-3-5-9-20/h3-10,15,22H,11-14,16-18H2,1-2H3,(H2,25,26,27). The van der Waals surface area contributed by atoms with E-state index < -0.39 is 0 Å². The highest BCUT2D eigenvalue weighted by molar-refractivity contribution is 5.80. The number of nitrogens with zero attached hydrogens (tertiary/aromatic N) is 2. The zero-order valence-corrected chi connectivity index (χ0v) is 17.5. The van der Waals surface area contributed by atoms with Crippen LogP contribution in [0, 0.1) is 12.8 Å². The van der Waals surface area contributed by atoms with Gasteiger partial charge in [0.1, 0.15) is 0 Å². The molecule has 1 fully saturated rings. The van der Waals surface area contributed by atoms with Crippen LogP contribution in [0.25, 0.3) is 0 Å². The molecule has 154 valence electrons. The number of nitrogens with one attached hydrogen (secondary N) is 2. The predicted octanol–water partition coefficient (Wildman–Crippen LogP) is 2.79. The van der Waals surface area contributed by atoms with Gasteiger partial charge in [-0.2, -0.15) is 0 Å². The lowest BCUT2D eigenvalue weighted by Gasteiger charge is -2.18. The molecule has 1 aliphatic rings. The summed E-state index contributed by atoms with van der Waals surface area (Å²) in [6, 6.07) is 18.9. The fourth-order valence-corrected chi connectivity index (χ4v) is 3.77. The fraction of sp³-hybridized carbons (Fsp3) is 0.417. The minimum Gasteiger partial charge on any atom is -0.356 e. The van der Waals surface area contributed by atoms with Crippen molar-refractivity contribution in [2.45, 2.75) is 26.2 Å². The van der Waals surface area contributed by atoms with Crippen LogP contribution in [-0.2, 0) is 17.6 Å². The number of aliphatic imine (C=N–C) groups is 1. The fourth-order valence-electron chi connectivity index (χ4n) is 3.77. The molecule has 1 saturated heterocycles. The highest BCUT2D eigenvalue weighted by atomic mass is 16.2. The van der Waals surface area contributed by atoms with Gasteiger partial charge in [0.15, 0.2) is 5.96 Å². The van der Waals surface area contributed by atoms with Crippen molar-refractivity contribution in [2.24, 2.45) is 10.9 Å². The van der Waals surface area contributed by atoms with E-state index in [9.17, 15) is 4.79 Å². The zero-order valence-electron chi connectivity index (χ0n) is 17.5. The predicted molar refractivity (Wildman–Crippen MR) is 119 cm³/mol. The van der Waals surface area contributed by atoms with E-state index >= 15 is 0 Å². The molecule has 0 spiro atoms. The van der Waals surface area contributed by atoms with Crippen molar-refractivity contribution in [2.75, 3.05) is 33.2 Å². The Morgan fingerprint density at radius 3 is 2.62 bits per heavy atom. The molecule has 2 aromatic rings. The van der Waals surface area contributed by atoms with Gasteiger partial charge in [-0.15, -0.1) is 0 Å². The monoisotopic (exact) mass is 392 g/mol. The Labute approximate surface area is 174 Å². The first-order valence-electron chi connectivity index (χ1n) is 10.5. The number of rotatable bonds is 8. The summed E-state index contributed by atoms with van der Waals surface area (Å²) in [7, 11) is 1.79. The van der Waals surface area contributed by atoms with Crippen molar-refractivity contribution in [3.05, 3.63) is 71.3 Å². The second-order valence-electron chi connectivity index (χ2n) is 7.76. The number of hydrogen-bond acceptors (Lipinski definition) is 2. The Kier molecular flexibility index (Phi) is 7.68. The molecule has 29 heavy (non-hydrogen) atoms. The maximum atomic E-state index is 12.3. The van der Waals surface area contributed by atoms with Gasteiger partial charge in [0.05, 0.1) is 0 Å². The number of amides is 1. The number of hydrogen-bond donors (Lipinski definition) is 2. The van der Waals surface area contributed by atoms with Gasteiger partial charge in [-0.25, -0.2) is 0 Å². The average Bonchev–Trinajstić information content (AvgIpc) is 3.09. The van der Waals surface area contributed by atoms with Crippen molar-refractivity contribution < 1.29 is 4.79 Å². The molecule has 2 aromatic carbocycles. The summed E-state index contributed by atoms with van der Waals surface area (Å²) in [6.45, 7) is 5.32. The zero-order chi connectivity index (χ0) is 20.5. The Balaban J connectivity index is 1.37. The Morgan fingerprint density at radius 2 is 1.86 bits per heavy atom. The van der Waals surface area contributed by atoms with Crippen LogP contribution in [-0.4, -0.2) is 50.0 Å². The van der Waals surface area contributed by atoms with E-state index in [-0.39, 0.29) is 5.91 Å². The molecule has 1 aliphatic heterocycles. The maximum Gasteiger partial charge on any atom is 0.223 e. The molecule has 1 unspecified atom stereocenters. The molecule has 0 aliphatic carbocycles. The summed E-state index contributed by atoms with van der Waals surface area (Å²) in [5, 5.41) is 6.75. The largest absolute Gasteiger partial charge is 0.356 e. The molecule has 3 rings (SSSR count). The smallest absolute Gasteiger partial charge is 0.223 e. The molecule has 0 bridgehead atoms. The number of likely N-dealkylation sites (tertiary alicyclic amines) is 1. The first kappa shape index (κ1) is 20.9. The molecule has 1 amide bonds. The molecule has 5 nitrogen and oxygen atoms in total. The third-order valence-electron chi connectivity index (χ3n) is 5.38. The van der Waals surface area contributed by atoms with E-state index in [1.807, 2.05) is 23.1 Å². The van der Waals surface area contributed by atoms with Gasteiger partial charge in [0.2, 0.25) is 5.91 Å². The summed E-state index contributed by atoms with van der Waals surface area (Å²) in [5.41, 5.74) is 3.89. The summed E-state index contributed by atoms with van der Waals surface area (Å²) < 4.78 is 0. The van der Waals surface area contributed by atoms with Crippen molar-refractivity contribution in [3.63, 3.8) is 0 Å². The van der Waals surface area contributed by atoms with Gasteiger partial charge in [0, 0.05) is 45.6 Å². The van der Waals surface area contributed by atoms with Crippen LogP contribution in [0.1, 0.15) is 23.1 Å². The van der Waals surface area contributed by atoms with Crippen LogP contribution < -0.4 is 10.6 Å². The number of guanidine groups is 1. The van der Waals surface area contributed by atoms with Crippen molar-refractivity contribution in [3.8, 4) is 0 Å². The molecule has 0 radical (unpaired) electrons. The molecule has 5 heteroatoms. The number of carbonyl (C=O) groups excluding carboxylic acids is 1. The van der Waals surface area contributed by atoms with Gasteiger partial charge < -0.3 is 15.5 Å². The van der Waals surface area contributed by atoms with Crippen LogP contribution in [0.15, 0.2) is 59.6 Å². The van der Waals surface area contributed by atoms with Crippen molar-refractivity contribution in [1.82, 2.24) is 15.5 Å². The van der Waals surface area contributed by atoms with E-state index in [0.29, 0.717) is 12.3 Å². The summed E-state index contributed by atoms with van der Waals surface area (Å²) in [4.78, 5) is 18.6. The lowest BCUT2D eigenvalue weighted by atomic mass is 10.1. The lowest BCUT2D eigenvalue weighted by Crippen LogP contribution is -2.41. The topological polar surface area (TPSA) is 56.7 Å². The molecular weight excluding hydrogens is 360 g/mol. The highest BCUT2D eigenvalue weighted by Gasteiger charge is 2.29. The van der Waals surface area contributed by atoms with E-state index in [1.54, 1.807) is 7.05 Å². The molecule has 0 saturated carbocycles. The second kappa shape index (κ2) is 10.6. The van der Waals surface area contributed by atoms with Gasteiger partial charge >= 0.3 is 0 Å². The van der Waals surface area contributed by atoms with Crippen LogP contribution in [0.2, 0.25) is 0 Å². The van der Waals surface area contributed by atoms with Crippen molar-refractivity contribution >= 4 is 11.9 Å². The molecule has 2 N–H and O–H groups in total. The average molecular weight is 393 g/mol. The molecule has 0 aromatic heterocycles.